The van der Waals surface area contributed by atoms with E-state index in [1.165, 1.54) is 30.3 Å². The van der Waals surface area contributed by atoms with Gasteiger partial charge in [-0.25, -0.2) is 12.8 Å². The molecule has 8 nitrogen and oxygen atoms in total. The normalized spacial score (nSPS) is 14.6. The number of halogens is 1. The summed E-state index contributed by atoms with van der Waals surface area (Å²) in [5.74, 6) is -0.598. The van der Waals surface area contributed by atoms with Crippen molar-refractivity contribution in [1.82, 2.24) is 0 Å². The number of hydrogen-bond donors (Lipinski definition) is 0. The van der Waals surface area contributed by atoms with Crippen LogP contribution >= 0.6 is 0 Å². The summed E-state index contributed by atoms with van der Waals surface area (Å²) in [5.41, 5.74) is 0.219. The van der Waals surface area contributed by atoms with Crippen LogP contribution in [0.15, 0.2) is 41.3 Å². The molecule has 0 N–H and O–H groups in total. The molecule has 10 heteroatoms. The Hall–Kier alpha value is -3.19. The summed E-state index contributed by atoms with van der Waals surface area (Å²) in [5, 5.41) is 20.8. The van der Waals surface area contributed by atoms with Crippen LogP contribution in [0.1, 0.15) is 5.56 Å². The maximum absolute atomic E-state index is 13.9. The second kappa shape index (κ2) is 7.44. The Morgan fingerprint density at radius 2 is 1.61 bits per heavy atom. The van der Waals surface area contributed by atoms with E-state index in [-0.39, 0.29) is 16.1 Å². The zero-order valence-electron chi connectivity index (χ0n) is 15.0. The van der Waals surface area contributed by atoms with Gasteiger partial charge in [0.25, 0.3) is 0 Å². The van der Waals surface area contributed by atoms with Crippen LogP contribution in [-0.2, 0) is 9.84 Å². The van der Waals surface area contributed by atoms with Crippen molar-refractivity contribution in [2.45, 2.75) is 4.90 Å². The van der Waals surface area contributed by atoms with E-state index in [0.717, 1.165) is 6.26 Å². The highest BCUT2D eigenvalue weighted by atomic mass is 32.2. The predicted molar refractivity (Wildman–Crippen MR) is 102 cm³/mol. The first-order chi connectivity index (χ1) is 13.2. The molecular weight excluding hydrogens is 387 g/mol. The van der Waals surface area contributed by atoms with Crippen LogP contribution in [0.25, 0.3) is 0 Å². The zero-order valence-corrected chi connectivity index (χ0v) is 15.8. The van der Waals surface area contributed by atoms with E-state index in [9.17, 15) is 28.2 Å². The fourth-order valence-electron chi connectivity index (χ4n) is 3.32. The number of anilines is 2. The third-order valence-corrected chi connectivity index (χ3v) is 5.75. The van der Waals surface area contributed by atoms with Crippen molar-refractivity contribution in [3.63, 3.8) is 0 Å². The standard InChI is InChI=1S/C18H17FN4O4S/c1-28(26,27)17-7-3-6-16(18(17)23(24)25)22-10-8-21(9-11-22)15-5-2-4-14(19)13(15)12-20/h2-7H,8-11H2,1H3. The number of hydrogen-bond acceptors (Lipinski definition) is 7. The highest BCUT2D eigenvalue weighted by Gasteiger charge is 2.30. The van der Waals surface area contributed by atoms with Gasteiger partial charge < -0.3 is 9.80 Å². The average molecular weight is 404 g/mol. The van der Waals surface area contributed by atoms with Crippen LogP contribution in [0.3, 0.4) is 0 Å². The third-order valence-electron chi connectivity index (χ3n) is 4.62. The van der Waals surface area contributed by atoms with Gasteiger partial charge in [0.15, 0.2) is 9.84 Å². The van der Waals surface area contributed by atoms with Gasteiger partial charge in [0.2, 0.25) is 0 Å². The number of nitrogens with zero attached hydrogens (tertiary/aromatic N) is 4. The number of sulfone groups is 1. The molecule has 1 aliphatic heterocycles. The fourth-order valence-corrected chi connectivity index (χ4v) is 4.18. The maximum Gasteiger partial charge on any atom is 0.311 e. The minimum Gasteiger partial charge on any atom is -0.367 e. The maximum atomic E-state index is 13.9. The topological polar surface area (TPSA) is 108 Å². The van der Waals surface area contributed by atoms with Gasteiger partial charge in [-0.15, -0.1) is 0 Å². The monoisotopic (exact) mass is 404 g/mol. The quantitative estimate of drug-likeness (QED) is 0.568. The first-order valence-electron chi connectivity index (χ1n) is 8.40. The molecule has 2 aromatic rings. The van der Waals surface area contributed by atoms with E-state index in [1.807, 2.05) is 11.0 Å². The molecule has 0 aliphatic carbocycles. The van der Waals surface area contributed by atoms with Crippen LogP contribution in [0.2, 0.25) is 0 Å². The number of nitro benzene ring substituents is 1. The summed E-state index contributed by atoms with van der Waals surface area (Å²) in [7, 11) is -3.76. The molecule has 1 aliphatic rings. The van der Waals surface area contributed by atoms with Gasteiger partial charge in [0.1, 0.15) is 28.0 Å². The number of piperazine rings is 1. The summed E-state index contributed by atoms with van der Waals surface area (Å²) in [6.07, 6.45) is 0.935. The molecule has 0 bridgehead atoms. The van der Waals surface area contributed by atoms with E-state index in [1.54, 1.807) is 11.0 Å². The number of benzene rings is 2. The van der Waals surface area contributed by atoms with Gasteiger partial charge in [0, 0.05) is 32.4 Å². The molecule has 0 radical (unpaired) electrons. The van der Waals surface area contributed by atoms with Gasteiger partial charge in [-0.05, 0) is 24.3 Å². The molecule has 1 fully saturated rings. The van der Waals surface area contributed by atoms with Crippen molar-refractivity contribution < 1.29 is 17.7 Å². The molecule has 3 rings (SSSR count). The molecule has 28 heavy (non-hydrogen) atoms. The summed E-state index contributed by atoms with van der Waals surface area (Å²) < 4.78 is 37.7. The second-order valence-corrected chi connectivity index (χ2v) is 8.36. The minimum atomic E-state index is -3.76. The first-order valence-corrected chi connectivity index (χ1v) is 10.3. The first kappa shape index (κ1) is 19.6. The van der Waals surface area contributed by atoms with E-state index in [4.69, 9.17) is 0 Å². The van der Waals surface area contributed by atoms with Crippen molar-refractivity contribution >= 4 is 26.9 Å². The molecule has 2 aromatic carbocycles. The van der Waals surface area contributed by atoms with E-state index >= 15 is 0 Å². The van der Waals surface area contributed by atoms with E-state index in [2.05, 4.69) is 0 Å². The fraction of sp³-hybridized carbons (Fsp3) is 0.278. The van der Waals surface area contributed by atoms with Gasteiger partial charge in [-0.2, -0.15) is 5.26 Å². The Labute approximate surface area is 161 Å². The molecule has 146 valence electrons. The predicted octanol–water partition coefficient (Wildman–Crippen LogP) is 2.34. The summed E-state index contributed by atoms with van der Waals surface area (Å²) in [6.45, 7) is 1.52. The summed E-state index contributed by atoms with van der Waals surface area (Å²) in [6, 6.07) is 10.5. The molecule has 0 saturated carbocycles. The largest absolute Gasteiger partial charge is 0.367 e. The molecular formula is C18H17FN4O4S. The van der Waals surface area contributed by atoms with Crippen LogP contribution in [0, 0.1) is 27.3 Å². The smallest absolute Gasteiger partial charge is 0.311 e. The van der Waals surface area contributed by atoms with E-state index in [0.29, 0.717) is 31.9 Å². The van der Waals surface area contributed by atoms with Gasteiger partial charge in [-0.3, -0.25) is 10.1 Å². The Kier molecular flexibility index (Phi) is 5.20. The van der Waals surface area contributed by atoms with Crippen molar-refractivity contribution in [3.05, 3.63) is 57.9 Å². The molecule has 0 spiro atoms. The summed E-state index contributed by atoms with van der Waals surface area (Å²) in [4.78, 5) is 14.1. The lowest BCUT2D eigenvalue weighted by molar-refractivity contribution is -0.387. The van der Waals surface area contributed by atoms with Crippen molar-refractivity contribution in [2.75, 3.05) is 42.2 Å². The number of nitriles is 1. The van der Waals surface area contributed by atoms with Gasteiger partial charge in [0.05, 0.1) is 10.6 Å². The Morgan fingerprint density at radius 1 is 1.07 bits per heavy atom. The number of rotatable bonds is 4. The van der Waals surface area contributed by atoms with Crippen molar-refractivity contribution in [3.8, 4) is 6.07 Å². The Bertz CT molecular complexity index is 1070. The molecule has 0 unspecified atom stereocenters. The highest BCUT2D eigenvalue weighted by Crippen LogP contribution is 2.35. The highest BCUT2D eigenvalue weighted by molar-refractivity contribution is 7.90. The lowest BCUT2D eigenvalue weighted by atomic mass is 10.1. The average Bonchev–Trinajstić information content (AvgIpc) is 2.66. The molecule has 1 heterocycles. The number of para-hydroxylation sites is 1. The SMILES string of the molecule is CS(=O)(=O)c1cccc(N2CCN(c3cccc(F)c3C#N)CC2)c1[N+](=O)[O-]. The van der Waals surface area contributed by atoms with Crippen LogP contribution in [0.4, 0.5) is 21.5 Å². The molecule has 0 amide bonds. The molecule has 0 atom stereocenters. The lowest BCUT2D eigenvalue weighted by Gasteiger charge is -2.37. The Morgan fingerprint density at radius 3 is 2.14 bits per heavy atom. The van der Waals surface area contributed by atoms with Crippen LogP contribution in [0.5, 0.6) is 0 Å². The Balaban J connectivity index is 1.90. The minimum absolute atomic E-state index is 0.0407. The molecule has 1 saturated heterocycles. The van der Waals surface area contributed by atoms with E-state index < -0.39 is 26.3 Å². The second-order valence-electron chi connectivity index (χ2n) is 6.37. The third kappa shape index (κ3) is 3.61. The van der Waals surface area contributed by atoms with Crippen LogP contribution in [-0.4, -0.2) is 45.8 Å². The van der Waals surface area contributed by atoms with Crippen molar-refractivity contribution in [2.24, 2.45) is 0 Å². The lowest BCUT2D eigenvalue weighted by Crippen LogP contribution is -2.47. The van der Waals surface area contributed by atoms with Crippen LogP contribution < -0.4 is 9.80 Å². The van der Waals surface area contributed by atoms with Gasteiger partial charge >= 0.3 is 5.69 Å². The number of nitro groups is 1. The zero-order chi connectivity index (χ0) is 20.5. The summed E-state index contributed by atoms with van der Waals surface area (Å²) >= 11 is 0. The molecule has 0 aromatic heterocycles. The van der Waals surface area contributed by atoms with Gasteiger partial charge in [-0.1, -0.05) is 12.1 Å². The van der Waals surface area contributed by atoms with Crippen molar-refractivity contribution in [1.29, 1.82) is 5.26 Å².